The van der Waals surface area contributed by atoms with Gasteiger partial charge < -0.3 is 14.7 Å². The van der Waals surface area contributed by atoms with Gasteiger partial charge in [0.25, 0.3) is 0 Å². The van der Waals surface area contributed by atoms with Gasteiger partial charge in [-0.1, -0.05) is 65.5 Å². The highest BCUT2D eigenvalue weighted by molar-refractivity contribution is 7.52. The molecule has 7 nitrogen and oxygen atoms in total. The highest BCUT2D eigenvalue weighted by atomic mass is 31.2. The number of fused-ring (bicyclic) bond motifs is 5. The molecule has 0 heterocycles. The number of carboxylic acids is 1. The van der Waals surface area contributed by atoms with Crippen LogP contribution in [-0.4, -0.2) is 40.8 Å². The molecule has 40 heavy (non-hydrogen) atoms. The number of hydrogen-bond acceptors (Lipinski definition) is 5. The van der Waals surface area contributed by atoms with Gasteiger partial charge in [0.2, 0.25) is 0 Å². The monoisotopic (exact) mass is 580 g/mol. The van der Waals surface area contributed by atoms with Gasteiger partial charge >= 0.3 is 19.5 Å². The average Bonchev–Trinajstić information content (AvgIpc) is 3.24. The SMILES string of the molecule is CC(C)CCC[C@@H](C)[C@H]1CC[C@H]2[C@@H]3CC=C4C[C@@H](OC(=O)CCP(=O)(O)OCC(=O)O)CC[C@]4(C)[C@H]3CC[C@]12C. The van der Waals surface area contributed by atoms with E-state index in [2.05, 4.69) is 45.2 Å². The van der Waals surface area contributed by atoms with Crippen LogP contribution in [0, 0.1) is 46.3 Å². The second kappa shape index (κ2) is 12.6. The van der Waals surface area contributed by atoms with Crippen LogP contribution >= 0.6 is 7.60 Å². The fourth-order valence-corrected chi connectivity index (χ4v) is 10.4. The molecule has 0 aromatic carbocycles. The Kier molecular flexibility index (Phi) is 10.00. The summed E-state index contributed by atoms with van der Waals surface area (Å²) in [4.78, 5) is 32.8. The molecule has 8 heteroatoms. The summed E-state index contributed by atoms with van der Waals surface area (Å²) in [6.45, 7) is 11.4. The minimum atomic E-state index is -4.13. The van der Waals surface area contributed by atoms with Crippen LogP contribution in [-0.2, 0) is 23.4 Å². The Balaban J connectivity index is 1.34. The first kappa shape index (κ1) is 31.8. The van der Waals surface area contributed by atoms with Crippen molar-refractivity contribution in [2.45, 2.75) is 118 Å². The van der Waals surface area contributed by atoms with E-state index in [4.69, 9.17) is 9.84 Å². The Morgan fingerprint density at radius 3 is 2.52 bits per heavy atom. The zero-order valence-corrected chi connectivity index (χ0v) is 26.3. The van der Waals surface area contributed by atoms with E-state index >= 15 is 0 Å². The Hall–Kier alpha value is -1.17. The van der Waals surface area contributed by atoms with Crippen LogP contribution in [0.3, 0.4) is 0 Å². The quantitative estimate of drug-likeness (QED) is 0.139. The predicted molar refractivity (Wildman–Crippen MR) is 156 cm³/mol. The third-order valence-corrected chi connectivity index (χ3v) is 12.9. The summed E-state index contributed by atoms with van der Waals surface area (Å²) in [7, 11) is -4.13. The Morgan fingerprint density at radius 2 is 1.82 bits per heavy atom. The lowest BCUT2D eigenvalue weighted by atomic mass is 9.47. The molecule has 0 amide bonds. The van der Waals surface area contributed by atoms with E-state index in [1.165, 1.54) is 50.5 Å². The number of carboxylic acid groups (broad SMARTS) is 1. The van der Waals surface area contributed by atoms with Crippen LogP contribution < -0.4 is 0 Å². The molecule has 4 aliphatic carbocycles. The number of hydrogen-bond donors (Lipinski definition) is 2. The van der Waals surface area contributed by atoms with Crippen LogP contribution in [0.2, 0.25) is 0 Å². The number of carbonyl (C=O) groups is 2. The third-order valence-electron chi connectivity index (χ3n) is 11.5. The summed E-state index contributed by atoms with van der Waals surface area (Å²) in [6, 6.07) is 0. The molecule has 3 fully saturated rings. The summed E-state index contributed by atoms with van der Waals surface area (Å²) >= 11 is 0. The summed E-state index contributed by atoms with van der Waals surface area (Å²) in [5, 5.41) is 8.64. The minimum Gasteiger partial charge on any atom is -0.480 e. The average molecular weight is 581 g/mol. The number of allylic oxidation sites excluding steroid dienone is 1. The van der Waals surface area contributed by atoms with Crippen molar-refractivity contribution >= 4 is 19.5 Å². The molecule has 4 rings (SSSR count). The van der Waals surface area contributed by atoms with Crippen molar-refractivity contribution in [1.82, 2.24) is 0 Å². The first-order valence-corrected chi connectivity index (χ1v) is 17.6. The Bertz CT molecular complexity index is 1010. The molecule has 0 saturated heterocycles. The van der Waals surface area contributed by atoms with Gasteiger partial charge in [0.15, 0.2) is 6.61 Å². The van der Waals surface area contributed by atoms with Crippen molar-refractivity contribution in [3.63, 3.8) is 0 Å². The lowest BCUT2D eigenvalue weighted by Gasteiger charge is -2.58. The molecule has 0 spiro atoms. The maximum Gasteiger partial charge on any atom is 0.330 e. The lowest BCUT2D eigenvalue weighted by molar-refractivity contribution is -0.151. The summed E-state index contributed by atoms with van der Waals surface area (Å²) in [5.74, 6) is 2.86. The molecule has 0 radical (unpaired) electrons. The lowest BCUT2D eigenvalue weighted by Crippen LogP contribution is -2.51. The van der Waals surface area contributed by atoms with Crippen LogP contribution in [0.5, 0.6) is 0 Å². The van der Waals surface area contributed by atoms with Crippen LogP contribution in [0.4, 0.5) is 0 Å². The normalized spacial score (nSPS) is 37.5. The highest BCUT2D eigenvalue weighted by Crippen LogP contribution is 2.67. The summed E-state index contributed by atoms with van der Waals surface area (Å²) < 4.78 is 22.2. The maximum atomic E-state index is 12.5. The fraction of sp³-hybridized carbons (Fsp3) is 0.875. The topological polar surface area (TPSA) is 110 Å². The van der Waals surface area contributed by atoms with E-state index in [1.54, 1.807) is 0 Å². The van der Waals surface area contributed by atoms with Crippen molar-refractivity contribution in [2.75, 3.05) is 12.8 Å². The molecule has 4 aliphatic rings. The van der Waals surface area contributed by atoms with Crippen molar-refractivity contribution in [3.05, 3.63) is 11.6 Å². The largest absolute Gasteiger partial charge is 0.480 e. The zero-order valence-electron chi connectivity index (χ0n) is 25.4. The van der Waals surface area contributed by atoms with Gasteiger partial charge in [-0.05, 0) is 91.3 Å². The Morgan fingerprint density at radius 1 is 1.07 bits per heavy atom. The second-order valence-electron chi connectivity index (χ2n) is 14.4. The number of ether oxygens (including phenoxy) is 1. The molecule has 1 unspecified atom stereocenters. The van der Waals surface area contributed by atoms with E-state index in [1.807, 2.05) is 0 Å². The van der Waals surface area contributed by atoms with Crippen molar-refractivity contribution < 1.29 is 33.4 Å². The van der Waals surface area contributed by atoms with Gasteiger partial charge in [-0.2, -0.15) is 0 Å². The summed E-state index contributed by atoms with van der Waals surface area (Å²) in [6.07, 6.45) is 14.7. The van der Waals surface area contributed by atoms with Gasteiger partial charge in [0, 0.05) is 6.42 Å². The standard InChI is InChI=1S/C32H53O7P/c1-21(2)7-6-8-22(3)26-11-12-27-25-10-9-23-19-24(13-16-31(23,4)28(25)14-17-32(26,27)5)39-30(35)15-18-40(36,37)38-20-29(33)34/h9,21-22,24-28H,6-8,10-20H2,1-5H3,(H,33,34)(H,36,37)/t22-,24+,25+,26-,27+,28+,31+,32-/m1/s1. The van der Waals surface area contributed by atoms with Crippen LogP contribution in [0.1, 0.15) is 112 Å². The highest BCUT2D eigenvalue weighted by Gasteiger charge is 2.59. The minimum absolute atomic E-state index is 0.166. The van der Waals surface area contributed by atoms with Crippen molar-refractivity contribution in [3.8, 4) is 0 Å². The van der Waals surface area contributed by atoms with Gasteiger partial charge in [-0.15, -0.1) is 0 Å². The predicted octanol–water partition coefficient (Wildman–Crippen LogP) is 7.62. The van der Waals surface area contributed by atoms with E-state index in [0.29, 0.717) is 11.3 Å². The van der Waals surface area contributed by atoms with E-state index in [0.717, 1.165) is 55.3 Å². The number of aliphatic carboxylic acids is 1. The first-order valence-electron chi connectivity index (χ1n) is 15.8. The number of esters is 1. The fourth-order valence-electron chi connectivity index (χ4n) is 9.45. The maximum absolute atomic E-state index is 12.5. The van der Waals surface area contributed by atoms with Gasteiger partial charge in [0.05, 0.1) is 12.6 Å². The van der Waals surface area contributed by atoms with Gasteiger partial charge in [-0.3, -0.25) is 13.9 Å². The third kappa shape index (κ3) is 6.89. The van der Waals surface area contributed by atoms with Crippen molar-refractivity contribution in [2.24, 2.45) is 46.3 Å². The smallest absolute Gasteiger partial charge is 0.330 e. The number of rotatable bonds is 12. The van der Waals surface area contributed by atoms with E-state index in [9.17, 15) is 19.0 Å². The number of carbonyl (C=O) groups excluding carboxylic acids is 1. The molecule has 228 valence electrons. The molecule has 0 aromatic heterocycles. The molecule has 3 saturated carbocycles. The van der Waals surface area contributed by atoms with Gasteiger partial charge in [-0.25, -0.2) is 4.79 Å². The van der Waals surface area contributed by atoms with Crippen LogP contribution in [0.15, 0.2) is 11.6 Å². The Labute approximate surface area is 241 Å². The molecule has 0 aliphatic heterocycles. The van der Waals surface area contributed by atoms with Crippen LogP contribution in [0.25, 0.3) is 0 Å². The van der Waals surface area contributed by atoms with E-state index in [-0.39, 0.29) is 17.9 Å². The zero-order chi connectivity index (χ0) is 29.3. The second-order valence-corrected chi connectivity index (χ2v) is 16.4. The first-order chi connectivity index (χ1) is 18.7. The molecule has 9 atom stereocenters. The molecule has 0 bridgehead atoms. The molecular weight excluding hydrogens is 527 g/mol. The molecule has 2 N–H and O–H groups in total. The summed E-state index contributed by atoms with van der Waals surface area (Å²) in [5.41, 5.74) is 2.07. The van der Waals surface area contributed by atoms with Crippen molar-refractivity contribution in [1.29, 1.82) is 0 Å². The van der Waals surface area contributed by atoms with E-state index < -0.39 is 32.3 Å². The molecular formula is C32H53O7P. The molecule has 0 aromatic rings. The van der Waals surface area contributed by atoms with Gasteiger partial charge in [0.1, 0.15) is 6.10 Å².